The van der Waals surface area contributed by atoms with Crippen molar-refractivity contribution in [2.45, 2.75) is 36.7 Å². The Morgan fingerprint density at radius 1 is 1.23 bits per heavy atom. The summed E-state index contributed by atoms with van der Waals surface area (Å²) in [5.74, 6) is 0.511. The second-order valence-electron chi connectivity index (χ2n) is 6.78. The molecular formula is C19H23N3O3S. The van der Waals surface area contributed by atoms with Crippen molar-refractivity contribution < 1.29 is 13.2 Å². The highest BCUT2D eigenvalue weighted by Gasteiger charge is 2.34. The van der Waals surface area contributed by atoms with E-state index in [-0.39, 0.29) is 6.10 Å². The van der Waals surface area contributed by atoms with E-state index in [4.69, 9.17) is 4.74 Å². The van der Waals surface area contributed by atoms with Gasteiger partial charge in [0.2, 0.25) is 15.9 Å². The van der Waals surface area contributed by atoms with E-state index in [9.17, 15) is 8.42 Å². The maximum Gasteiger partial charge on any atom is 0.243 e. The van der Waals surface area contributed by atoms with Crippen LogP contribution >= 0.6 is 0 Å². The summed E-state index contributed by atoms with van der Waals surface area (Å²) in [5, 5.41) is 3.04. The van der Waals surface area contributed by atoms with E-state index in [0.29, 0.717) is 30.3 Å². The Morgan fingerprint density at radius 3 is 2.92 bits per heavy atom. The van der Waals surface area contributed by atoms with Gasteiger partial charge < -0.3 is 10.1 Å². The average molecular weight is 373 g/mol. The van der Waals surface area contributed by atoms with Crippen molar-refractivity contribution in [3.63, 3.8) is 0 Å². The maximum atomic E-state index is 13.0. The molecule has 6 nitrogen and oxygen atoms in total. The van der Waals surface area contributed by atoms with Crippen LogP contribution in [0, 0.1) is 0 Å². The number of hydrogen-bond donors (Lipinski definition) is 1. The summed E-state index contributed by atoms with van der Waals surface area (Å²) in [6.45, 7) is 0.810. The van der Waals surface area contributed by atoms with Gasteiger partial charge in [0.05, 0.1) is 17.1 Å². The molecular weight excluding hydrogens is 350 g/mol. The van der Waals surface area contributed by atoms with Gasteiger partial charge in [-0.2, -0.15) is 4.31 Å². The first kappa shape index (κ1) is 17.3. The highest BCUT2D eigenvalue weighted by Crippen LogP contribution is 2.29. The number of aryl methyl sites for hydroxylation is 2. The normalized spacial score (nSPS) is 20.1. The number of anilines is 1. The lowest BCUT2D eigenvalue weighted by Gasteiger charge is -2.18. The van der Waals surface area contributed by atoms with E-state index in [1.165, 1.54) is 15.4 Å². The molecule has 26 heavy (non-hydrogen) atoms. The molecule has 2 aliphatic rings. The zero-order valence-electron chi connectivity index (χ0n) is 14.8. The van der Waals surface area contributed by atoms with E-state index in [1.54, 1.807) is 12.3 Å². The standard InChI is InChI=1S/C19H23N3O3S/c1-20-18-6-3-10-21-19(18)25-16-9-11-22(13-16)26(23,24)17-8-7-14-4-2-5-15(14)12-17/h3,6-8,10,12,16,20H,2,4-5,9,11,13H2,1H3. The van der Waals surface area contributed by atoms with Crippen LogP contribution in [0.1, 0.15) is 24.0 Å². The highest BCUT2D eigenvalue weighted by molar-refractivity contribution is 7.89. The Balaban J connectivity index is 1.49. The number of nitrogens with one attached hydrogen (secondary N) is 1. The van der Waals surface area contributed by atoms with Crippen molar-refractivity contribution in [3.8, 4) is 5.88 Å². The number of aromatic nitrogens is 1. The van der Waals surface area contributed by atoms with E-state index in [0.717, 1.165) is 24.9 Å². The summed E-state index contributed by atoms with van der Waals surface area (Å²) >= 11 is 0. The molecule has 1 saturated heterocycles. The molecule has 1 aliphatic carbocycles. The lowest BCUT2D eigenvalue weighted by Crippen LogP contribution is -2.31. The predicted molar refractivity (Wildman–Crippen MR) is 100 cm³/mol. The quantitative estimate of drug-likeness (QED) is 0.872. The molecule has 1 atom stereocenters. The molecule has 1 aromatic carbocycles. The minimum atomic E-state index is -3.48. The topological polar surface area (TPSA) is 71.5 Å². The summed E-state index contributed by atoms with van der Waals surface area (Å²) in [4.78, 5) is 4.64. The Hall–Kier alpha value is -2.12. The first-order valence-electron chi connectivity index (χ1n) is 8.99. The van der Waals surface area contributed by atoms with Gasteiger partial charge in [-0.05, 0) is 61.1 Å². The van der Waals surface area contributed by atoms with Crippen molar-refractivity contribution in [1.82, 2.24) is 9.29 Å². The van der Waals surface area contributed by atoms with Gasteiger partial charge >= 0.3 is 0 Å². The molecule has 0 amide bonds. The Morgan fingerprint density at radius 2 is 2.08 bits per heavy atom. The summed E-state index contributed by atoms with van der Waals surface area (Å²) in [5.41, 5.74) is 3.25. The average Bonchev–Trinajstić information content (AvgIpc) is 3.31. The fourth-order valence-electron chi connectivity index (χ4n) is 3.70. The first-order chi connectivity index (χ1) is 12.6. The summed E-state index contributed by atoms with van der Waals surface area (Å²) < 4.78 is 33.5. The van der Waals surface area contributed by atoms with Gasteiger partial charge in [-0.15, -0.1) is 0 Å². The van der Waals surface area contributed by atoms with E-state index in [2.05, 4.69) is 10.3 Å². The molecule has 1 N–H and O–H groups in total. The lowest BCUT2D eigenvalue weighted by molar-refractivity contribution is 0.208. The largest absolute Gasteiger partial charge is 0.471 e. The Kier molecular flexibility index (Phi) is 4.58. The van der Waals surface area contributed by atoms with Crippen molar-refractivity contribution in [2.24, 2.45) is 0 Å². The first-order valence-corrected chi connectivity index (χ1v) is 10.4. The Labute approximate surface area is 154 Å². The van der Waals surface area contributed by atoms with Crippen LogP contribution in [0.25, 0.3) is 0 Å². The Bertz CT molecular complexity index is 914. The molecule has 0 spiro atoms. The second kappa shape index (κ2) is 6.89. The smallest absolute Gasteiger partial charge is 0.243 e. The minimum absolute atomic E-state index is 0.193. The van der Waals surface area contributed by atoms with Crippen LogP contribution in [0.2, 0.25) is 0 Å². The van der Waals surface area contributed by atoms with Crippen LogP contribution in [0.15, 0.2) is 41.4 Å². The van der Waals surface area contributed by atoms with Crippen molar-refractivity contribution in [1.29, 1.82) is 0 Å². The van der Waals surface area contributed by atoms with Gasteiger partial charge in [0.15, 0.2) is 0 Å². The molecule has 1 aliphatic heterocycles. The molecule has 0 radical (unpaired) electrons. The molecule has 2 aromatic rings. The van der Waals surface area contributed by atoms with Crippen LogP contribution in [-0.2, 0) is 22.9 Å². The molecule has 1 unspecified atom stereocenters. The van der Waals surface area contributed by atoms with Crippen molar-refractivity contribution in [3.05, 3.63) is 47.7 Å². The van der Waals surface area contributed by atoms with E-state index < -0.39 is 10.0 Å². The third-order valence-corrected chi connectivity index (χ3v) is 7.00. The number of rotatable bonds is 5. The van der Waals surface area contributed by atoms with Gasteiger partial charge in [-0.1, -0.05) is 6.07 Å². The number of sulfonamides is 1. The zero-order chi connectivity index (χ0) is 18.1. The molecule has 1 fully saturated rings. The molecule has 0 bridgehead atoms. The SMILES string of the molecule is CNc1cccnc1OC1CCN(S(=O)(=O)c2ccc3c(c2)CCC3)C1. The van der Waals surface area contributed by atoms with Crippen LogP contribution < -0.4 is 10.1 Å². The second-order valence-corrected chi connectivity index (χ2v) is 8.72. The third kappa shape index (κ3) is 3.17. The number of ether oxygens (including phenoxy) is 1. The summed E-state index contributed by atoms with van der Waals surface area (Å²) in [6.07, 6.45) is 5.26. The minimum Gasteiger partial charge on any atom is -0.471 e. The van der Waals surface area contributed by atoms with Gasteiger partial charge in [-0.25, -0.2) is 13.4 Å². The van der Waals surface area contributed by atoms with Gasteiger partial charge in [0.1, 0.15) is 6.10 Å². The summed E-state index contributed by atoms with van der Waals surface area (Å²) in [7, 11) is -1.68. The fraction of sp³-hybridized carbons (Fsp3) is 0.421. The number of fused-ring (bicyclic) bond motifs is 1. The zero-order valence-corrected chi connectivity index (χ0v) is 15.6. The van der Waals surface area contributed by atoms with Gasteiger partial charge in [0, 0.05) is 19.8 Å². The third-order valence-electron chi connectivity index (χ3n) is 5.13. The van der Waals surface area contributed by atoms with Crippen molar-refractivity contribution >= 4 is 15.7 Å². The molecule has 2 heterocycles. The highest BCUT2D eigenvalue weighted by atomic mass is 32.2. The predicted octanol–water partition coefficient (Wildman–Crippen LogP) is 2.45. The van der Waals surface area contributed by atoms with Crippen LogP contribution in [-0.4, -0.2) is 43.9 Å². The van der Waals surface area contributed by atoms with Crippen molar-refractivity contribution in [2.75, 3.05) is 25.5 Å². The number of pyridine rings is 1. The maximum absolute atomic E-state index is 13.0. The van der Waals surface area contributed by atoms with Gasteiger partial charge in [0.25, 0.3) is 0 Å². The number of hydrogen-bond acceptors (Lipinski definition) is 5. The lowest BCUT2D eigenvalue weighted by atomic mass is 10.1. The van der Waals surface area contributed by atoms with Crippen LogP contribution in [0.4, 0.5) is 5.69 Å². The van der Waals surface area contributed by atoms with Crippen LogP contribution in [0.3, 0.4) is 0 Å². The molecule has 4 rings (SSSR count). The van der Waals surface area contributed by atoms with E-state index >= 15 is 0 Å². The molecule has 1 aromatic heterocycles. The molecule has 0 saturated carbocycles. The molecule has 7 heteroatoms. The fourth-order valence-corrected chi connectivity index (χ4v) is 5.24. The van der Waals surface area contributed by atoms with Crippen LogP contribution in [0.5, 0.6) is 5.88 Å². The number of benzene rings is 1. The molecule has 138 valence electrons. The van der Waals surface area contributed by atoms with Gasteiger partial charge in [-0.3, -0.25) is 0 Å². The summed E-state index contributed by atoms with van der Waals surface area (Å²) in [6, 6.07) is 9.27. The van der Waals surface area contributed by atoms with E-state index in [1.807, 2.05) is 31.3 Å². The monoisotopic (exact) mass is 373 g/mol. The number of nitrogens with zero attached hydrogens (tertiary/aromatic N) is 2.